The van der Waals surface area contributed by atoms with Gasteiger partial charge in [-0.3, -0.25) is 14.5 Å². The van der Waals surface area contributed by atoms with Crippen molar-refractivity contribution >= 4 is 11.8 Å². The molecule has 0 aromatic heterocycles. The van der Waals surface area contributed by atoms with Crippen molar-refractivity contribution in [2.24, 2.45) is 0 Å². The molecule has 1 aromatic rings. The average Bonchev–Trinajstić information content (AvgIpc) is 3.04. The predicted molar refractivity (Wildman–Crippen MR) is 141 cm³/mol. The van der Waals surface area contributed by atoms with Crippen LogP contribution in [0.5, 0.6) is 11.5 Å². The number of imide groups is 1. The van der Waals surface area contributed by atoms with Crippen LogP contribution in [0.3, 0.4) is 0 Å². The normalized spacial score (nSPS) is 19.1. The van der Waals surface area contributed by atoms with Gasteiger partial charge >= 0.3 is 0 Å². The summed E-state index contributed by atoms with van der Waals surface area (Å²) in [4.78, 5) is 28.5. The fourth-order valence-corrected chi connectivity index (χ4v) is 4.90. The molecule has 4 rings (SSSR count). The van der Waals surface area contributed by atoms with Gasteiger partial charge in [0.1, 0.15) is 5.76 Å². The Morgan fingerprint density at radius 3 is 2.28 bits per heavy atom. The third-order valence-electron chi connectivity index (χ3n) is 6.99. The van der Waals surface area contributed by atoms with Gasteiger partial charge in [-0.25, -0.2) is 0 Å². The molecule has 0 radical (unpaired) electrons. The highest BCUT2D eigenvalue weighted by Crippen LogP contribution is 2.41. The highest BCUT2D eigenvalue weighted by atomic mass is 16.5. The first-order chi connectivity index (χ1) is 17.2. The molecule has 0 bridgehead atoms. The maximum absolute atomic E-state index is 12.5. The zero-order chi connectivity index (χ0) is 26.4. The number of allylic oxidation sites excluding steroid dienone is 3. The lowest BCUT2D eigenvalue weighted by Crippen LogP contribution is -2.37. The molecule has 1 aromatic carbocycles. The molecule has 1 atom stereocenters. The number of carbonyl (C=O) groups excluding carboxylic acids is 2. The van der Waals surface area contributed by atoms with Crippen molar-refractivity contribution in [1.29, 1.82) is 0 Å². The van der Waals surface area contributed by atoms with E-state index in [0.717, 1.165) is 53.4 Å². The molecule has 1 heterocycles. The van der Waals surface area contributed by atoms with Crippen LogP contribution in [0, 0.1) is 0 Å². The Labute approximate surface area is 215 Å². The standard InChI is InChI=1S/C18H26N2O3.C11H14O2/c1-13-10-15-12-18(22)20(9-5-8-19(2)3)17(21)11-14(15)6-7-16(13)23-4;1-7-4-8-5-10(12-2)11(13-3)6-9(7)8/h7,10H,5-6,8-9,11-12H2,1-4H3;5-7H,4H2,1-3H3. The molecular formula is C29H40N2O5. The molecule has 2 amide bonds. The lowest BCUT2D eigenvalue weighted by Gasteiger charge is -2.28. The summed E-state index contributed by atoms with van der Waals surface area (Å²) in [5, 5.41) is 0. The fraction of sp³-hybridized carbons (Fsp3) is 0.517. The van der Waals surface area contributed by atoms with Gasteiger partial charge < -0.3 is 19.1 Å². The Kier molecular flexibility index (Phi) is 9.37. The van der Waals surface area contributed by atoms with Gasteiger partial charge in [0.25, 0.3) is 0 Å². The number of benzene rings is 1. The van der Waals surface area contributed by atoms with Crippen LogP contribution >= 0.6 is 0 Å². The highest BCUT2D eigenvalue weighted by molar-refractivity contribution is 5.99. The van der Waals surface area contributed by atoms with Crippen molar-refractivity contribution in [3.8, 4) is 11.5 Å². The van der Waals surface area contributed by atoms with Gasteiger partial charge in [-0.15, -0.1) is 0 Å². The van der Waals surface area contributed by atoms with E-state index in [1.54, 1.807) is 21.3 Å². The minimum absolute atomic E-state index is 0.0842. The third-order valence-corrected chi connectivity index (χ3v) is 6.99. The molecule has 7 heteroatoms. The van der Waals surface area contributed by atoms with Crippen molar-refractivity contribution in [3.05, 3.63) is 57.9 Å². The Hall–Kier alpha value is -3.06. The Morgan fingerprint density at radius 1 is 1.00 bits per heavy atom. The number of nitrogens with zero attached hydrogens (tertiary/aromatic N) is 2. The number of methoxy groups -OCH3 is 3. The first-order valence-electron chi connectivity index (χ1n) is 12.5. The van der Waals surface area contributed by atoms with E-state index in [4.69, 9.17) is 14.2 Å². The number of carbonyl (C=O) groups is 2. The van der Waals surface area contributed by atoms with Gasteiger partial charge in [0.05, 0.1) is 27.8 Å². The molecule has 0 fully saturated rings. The molecule has 1 aliphatic heterocycles. The van der Waals surface area contributed by atoms with Gasteiger partial charge in [0.2, 0.25) is 11.8 Å². The maximum atomic E-state index is 12.5. The van der Waals surface area contributed by atoms with Crippen LogP contribution in [-0.4, -0.2) is 70.1 Å². The first kappa shape index (κ1) is 27.5. The largest absolute Gasteiger partial charge is 0.497 e. The van der Waals surface area contributed by atoms with Gasteiger partial charge in [0.15, 0.2) is 11.5 Å². The topological polar surface area (TPSA) is 68.3 Å². The lowest BCUT2D eigenvalue weighted by molar-refractivity contribution is -0.143. The summed E-state index contributed by atoms with van der Waals surface area (Å²) in [7, 11) is 8.97. The molecule has 0 spiro atoms. The summed E-state index contributed by atoms with van der Waals surface area (Å²) < 4.78 is 15.8. The summed E-state index contributed by atoms with van der Waals surface area (Å²) in [6, 6.07) is 4.16. The maximum Gasteiger partial charge on any atom is 0.233 e. The van der Waals surface area contributed by atoms with Crippen LogP contribution < -0.4 is 9.47 Å². The second-order valence-corrected chi connectivity index (χ2v) is 9.89. The van der Waals surface area contributed by atoms with Crippen molar-refractivity contribution in [2.75, 3.05) is 48.5 Å². The van der Waals surface area contributed by atoms with Crippen LogP contribution in [0.15, 0.2) is 46.8 Å². The summed E-state index contributed by atoms with van der Waals surface area (Å²) in [6.45, 7) is 5.56. The SMILES string of the molecule is COC1=CCC2=C(C=C1C)CC(=O)N(CCCN(C)C)C(=O)C2.COc1cc2c(cc1OC)C(C)C2. The lowest BCUT2D eigenvalue weighted by atomic mass is 9.78. The van der Waals surface area contributed by atoms with Crippen LogP contribution in [0.1, 0.15) is 56.6 Å². The number of hydrogen-bond donors (Lipinski definition) is 0. The summed E-state index contributed by atoms with van der Waals surface area (Å²) in [6.07, 6.45) is 7.23. The predicted octanol–water partition coefficient (Wildman–Crippen LogP) is 4.63. The smallest absolute Gasteiger partial charge is 0.233 e. The van der Waals surface area contributed by atoms with Crippen molar-refractivity contribution in [3.63, 3.8) is 0 Å². The van der Waals surface area contributed by atoms with E-state index in [-0.39, 0.29) is 11.8 Å². The zero-order valence-corrected chi connectivity index (χ0v) is 22.8. The number of ether oxygens (including phenoxy) is 3. The summed E-state index contributed by atoms with van der Waals surface area (Å²) in [5.74, 6) is 3.00. The van der Waals surface area contributed by atoms with Gasteiger partial charge in [-0.2, -0.15) is 0 Å². The van der Waals surface area contributed by atoms with Gasteiger partial charge in [-0.1, -0.05) is 18.6 Å². The van der Waals surface area contributed by atoms with Crippen molar-refractivity contribution < 1.29 is 23.8 Å². The fourth-order valence-electron chi connectivity index (χ4n) is 4.90. The summed E-state index contributed by atoms with van der Waals surface area (Å²) in [5.41, 5.74) is 5.80. The van der Waals surface area contributed by atoms with Crippen LogP contribution in [0.4, 0.5) is 0 Å². The van der Waals surface area contributed by atoms with E-state index >= 15 is 0 Å². The molecule has 196 valence electrons. The van der Waals surface area contributed by atoms with E-state index in [2.05, 4.69) is 24.0 Å². The molecule has 0 N–H and O–H groups in total. The Bertz CT molecular complexity index is 1080. The molecule has 36 heavy (non-hydrogen) atoms. The molecule has 2 aliphatic carbocycles. The highest BCUT2D eigenvalue weighted by Gasteiger charge is 2.28. The van der Waals surface area contributed by atoms with Crippen LogP contribution in [0.25, 0.3) is 0 Å². The van der Waals surface area contributed by atoms with Crippen molar-refractivity contribution in [2.45, 2.75) is 51.9 Å². The minimum atomic E-state index is -0.0938. The van der Waals surface area contributed by atoms with Crippen LogP contribution in [-0.2, 0) is 20.7 Å². The third kappa shape index (κ3) is 6.38. The molecule has 3 aliphatic rings. The summed E-state index contributed by atoms with van der Waals surface area (Å²) >= 11 is 0. The minimum Gasteiger partial charge on any atom is -0.497 e. The number of hydrogen-bond acceptors (Lipinski definition) is 6. The molecule has 1 unspecified atom stereocenters. The van der Waals surface area contributed by atoms with E-state index in [1.165, 1.54) is 16.0 Å². The Balaban J connectivity index is 0.000000233. The quantitative estimate of drug-likeness (QED) is 0.513. The molecule has 0 saturated carbocycles. The van der Waals surface area contributed by atoms with E-state index < -0.39 is 0 Å². The molecule has 7 nitrogen and oxygen atoms in total. The van der Waals surface area contributed by atoms with E-state index in [9.17, 15) is 9.59 Å². The molecular weight excluding hydrogens is 456 g/mol. The van der Waals surface area contributed by atoms with E-state index in [1.807, 2.05) is 33.2 Å². The van der Waals surface area contributed by atoms with Crippen LogP contribution in [0.2, 0.25) is 0 Å². The zero-order valence-electron chi connectivity index (χ0n) is 22.8. The monoisotopic (exact) mass is 496 g/mol. The van der Waals surface area contributed by atoms with Gasteiger partial charge in [-0.05, 0) is 93.2 Å². The second-order valence-electron chi connectivity index (χ2n) is 9.89. The molecule has 0 saturated heterocycles. The number of rotatable bonds is 7. The number of amides is 2. The number of fused-ring (bicyclic) bond motifs is 1. The van der Waals surface area contributed by atoms with Gasteiger partial charge in [0, 0.05) is 13.0 Å². The van der Waals surface area contributed by atoms with Crippen molar-refractivity contribution in [1.82, 2.24) is 9.80 Å². The Morgan fingerprint density at radius 2 is 1.67 bits per heavy atom. The van der Waals surface area contributed by atoms with E-state index in [0.29, 0.717) is 31.7 Å². The second kappa shape index (κ2) is 12.3. The average molecular weight is 497 g/mol. The first-order valence-corrected chi connectivity index (χ1v) is 12.5.